The summed E-state index contributed by atoms with van der Waals surface area (Å²) >= 11 is 0. The summed E-state index contributed by atoms with van der Waals surface area (Å²) in [5.41, 5.74) is 12.2. The van der Waals surface area contributed by atoms with Crippen LogP contribution in [0.25, 0.3) is 0 Å². The van der Waals surface area contributed by atoms with Crippen molar-refractivity contribution < 1.29 is 4.39 Å². The molecule has 0 saturated carbocycles. The second-order valence-electron chi connectivity index (χ2n) is 2.82. The molecule has 0 bridgehead atoms. The largest absolute Gasteiger partial charge is 0.326 e. The summed E-state index contributed by atoms with van der Waals surface area (Å²) in [5, 5.41) is 0. The van der Waals surface area contributed by atoms with Crippen LogP contribution in [0.3, 0.4) is 0 Å². The van der Waals surface area contributed by atoms with Crippen LogP contribution in [-0.4, -0.2) is 0 Å². The third kappa shape index (κ3) is 2.14. The van der Waals surface area contributed by atoms with E-state index in [9.17, 15) is 4.39 Å². The molecule has 1 rings (SSSR count). The molecule has 0 radical (unpaired) electrons. The van der Waals surface area contributed by atoms with E-state index in [1.54, 1.807) is 18.2 Å². The molecular formula is C10H13FN2. The van der Waals surface area contributed by atoms with Crippen molar-refractivity contribution in [2.75, 3.05) is 0 Å². The molecule has 0 spiro atoms. The normalized spacial score (nSPS) is 12.5. The zero-order chi connectivity index (χ0) is 9.84. The van der Waals surface area contributed by atoms with Crippen LogP contribution in [0.5, 0.6) is 0 Å². The Hall–Kier alpha value is -1.19. The molecule has 1 atom stereocenters. The molecule has 0 aliphatic heterocycles. The Bertz CT molecular complexity index is 310. The van der Waals surface area contributed by atoms with Crippen LogP contribution < -0.4 is 11.5 Å². The second-order valence-corrected chi connectivity index (χ2v) is 2.82. The van der Waals surface area contributed by atoms with Crippen LogP contribution in [0.4, 0.5) is 4.39 Å². The lowest BCUT2D eigenvalue weighted by Crippen LogP contribution is -2.08. The molecule has 0 aliphatic carbocycles. The van der Waals surface area contributed by atoms with Gasteiger partial charge in [-0.15, -0.1) is 6.58 Å². The average Bonchev–Trinajstić information content (AvgIpc) is 2.16. The first-order valence-electron chi connectivity index (χ1n) is 4.05. The fourth-order valence-corrected chi connectivity index (χ4v) is 1.07. The van der Waals surface area contributed by atoms with Gasteiger partial charge in [0.15, 0.2) is 0 Å². The van der Waals surface area contributed by atoms with Gasteiger partial charge in [0, 0.05) is 18.2 Å². The van der Waals surface area contributed by atoms with Crippen LogP contribution in [0, 0.1) is 5.82 Å². The highest BCUT2D eigenvalue weighted by Crippen LogP contribution is 2.15. The quantitative estimate of drug-likeness (QED) is 0.692. The predicted molar refractivity (Wildman–Crippen MR) is 51.4 cm³/mol. The number of nitrogens with two attached hydrogens (primary N) is 2. The molecule has 3 heteroatoms. The van der Waals surface area contributed by atoms with Crippen LogP contribution in [-0.2, 0) is 6.54 Å². The van der Waals surface area contributed by atoms with Crippen molar-refractivity contribution in [3.63, 3.8) is 0 Å². The maximum absolute atomic E-state index is 13.2. The second kappa shape index (κ2) is 4.16. The SMILES string of the molecule is C=CC(N)c1ccc(CN)c(F)c1. The summed E-state index contributed by atoms with van der Waals surface area (Å²) in [7, 11) is 0. The monoisotopic (exact) mass is 180 g/mol. The van der Waals surface area contributed by atoms with Crippen molar-refractivity contribution in [1.29, 1.82) is 0 Å². The molecular weight excluding hydrogens is 167 g/mol. The van der Waals surface area contributed by atoms with Crippen molar-refractivity contribution in [3.8, 4) is 0 Å². The van der Waals surface area contributed by atoms with Crippen LogP contribution >= 0.6 is 0 Å². The first-order chi connectivity index (χ1) is 6.19. The van der Waals surface area contributed by atoms with E-state index in [-0.39, 0.29) is 18.4 Å². The Morgan fingerprint density at radius 2 is 2.23 bits per heavy atom. The van der Waals surface area contributed by atoms with E-state index < -0.39 is 0 Å². The van der Waals surface area contributed by atoms with Gasteiger partial charge in [-0.05, 0) is 11.6 Å². The van der Waals surface area contributed by atoms with Crippen LogP contribution in [0.15, 0.2) is 30.9 Å². The van der Waals surface area contributed by atoms with Gasteiger partial charge in [-0.3, -0.25) is 0 Å². The average molecular weight is 180 g/mol. The lowest BCUT2D eigenvalue weighted by atomic mass is 10.1. The molecule has 0 fully saturated rings. The number of halogens is 1. The Balaban J connectivity index is 3.02. The number of hydrogen-bond donors (Lipinski definition) is 2. The molecule has 0 saturated heterocycles. The van der Waals surface area contributed by atoms with E-state index in [1.807, 2.05) is 0 Å². The van der Waals surface area contributed by atoms with E-state index in [2.05, 4.69) is 6.58 Å². The van der Waals surface area contributed by atoms with Crippen molar-refractivity contribution in [2.45, 2.75) is 12.6 Å². The minimum Gasteiger partial charge on any atom is -0.326 e. The van der Waals surface area contributed by atoms with Gasteiger partial charge in [0.05, 0.1) is 0 Å². The fraction of sp³-hybridized carbons (Fsp3) is 0.200. The predicted octanol–water partition coefficient (Wildman–Crippen LogP) is 1.47. The maximum Gasteiger partial charge on any atom is 0.128 e. The third-order valence-electron chi connectivity index (χ3n) is 1.94. The van der Waals surface area contributed by atoms with E-state index >= 15 is 0 Å². The summed E-state index contributed by atoms with van der Waals surface area (Å²) in [6.45, 7) is 3.74. The Kier molecular flexibility index (Phi) is 3.17. The van der Waals surface area contributed by atoms with Gasteiger partial charge >= 0.3 is 0 Å². The zero-order valence-corrected chi connectivity index (χ0v) is 7.33. The van der Waals surface area contributed by atoms with E-state index in [1.165, 1.54) is 6.07 Å². The fourth-order valence-electron chi connectivity index (χ4n) is 1.07. The van der Waals surface area contributed by atoms with Crippen LogP contribution in [0.2, 0.25) is 0 Å². The Morgan fingerprint density at radius 3 is 2.69 bits per heavy atom. The first-order valence-corrected chi connectivity index (χ1v) is 4.05. The van der Waals surface area contributed by atoms with Crippen molar-refractivity contribution in [1.82, 2.24) is 0 Å². The molecule has 2 nitrogen and oxygen atoms in total. The summed E-state index contributed by atoms with van der Waals surface area (Å²) in [4.78, 5) is 0. The van der Waals surface area contributed by atoms with Gasteiger partial charge in [0.25, 0.3) is 0 Å². The molecule has 1 unspecified atom stereocenters. The number of benzene rings is 1. The highest BCUT2D eigenvalue weighted by atomic mass is 19.1. The van der Waals surface area contributed by atoms with Gasteiger partial charge in [-0.25, -0.2) is 4.39 Å². The standard InChI is InChI=1S/C10H13FN2/c1-2-10(13)7-3-4-8(6-12)9(11)5-7/h2-5,10H,1,6,12-13H2. The summed E-state index contributed by atoms with van der Waals surface area (Å²) in [6, 6.07) is 4.49. The summed E-state index contributed by atoms with van der Waals surface area (Å²) in [5.74, 6) is -0.308. The van der Waals surface area contributed by atoms with E-state index in [0.717, 1.165) is 0 Å². The highest BCUT2D eigenvalue weighted by molar-refractivity contribution is 5.28. The molecule has 4 N–H and O–H groups in total. The number of rotatable bonds is 3. The molecule has 0 amide bonds. The van der Waals surface area contributed by atoms with Crippen molar-refractivity contribution in [2.24, 2.45) is 11.5 Å². The zero-order valence-electron chi connectivity index (χ0n) is 7.33. The van der Waals surface area contributed by atoms with Gasteiger partial charge < -0.3 is 11.5 Å². The number of hydrogen-bond acceptors (Lipinski definition) is 2. The Morgan fingerprint density at radius 1 is 1.54 bits per heavy atom. The molecule has 70 valence electrons. The summed E-state index contributed by atoms with van der Waals surface area (Å²) in [6.07, 6.45) is 1.57. The topological polar surface area (TPSA) is 52.0 Å². The summed E-state index contributed by atoms with van der Waals surface area (Å²) < 4.78 is 13.2. The van der Waals surface area contributed by atoms with Gasteiger partial charge in [0.2, 0.25) is 0 Å². The molecule has 0 aromatic heterocycles. The van der Waals surface area contributed by atoms with E-state index in [4.69, 9.17) is 11.5 Å². The van der Waals surface area contributed by atoms with E-state index in [0.29, 0.717) is 11.1 Å². The minimum atomic E-state index is -0.318. The molecule has 1 aromatic rings. The molecule has 0 heterocycles. The molecule has 1 aromatic carbocycles. The maximum atomic E-state index is 13.2. The molecule has 13 heavy (non-hydrogen) atoms. The highest BCUT2D eigenvalue weighted by Gasteiger charge is 2.05. The Labute approximate surface area is 77.0 Å². The molecule has 0 aliphatic rings. The lowest BCUT2D eigenvalue weighted by Gasteiger charge is -2.08. The smallest absolute Gasteiger partial charge is 0.128 e. The van der Waals surface area contributed by atoms with Gasteiger partial charge in [0.1, 0.15) is 5.82 Å². The van der Waals surface area contributed by atoms with Crippen molar-refractivity contribution in [3.05, 3.63) is 47.8 Å². The van der Waals surface area contributed by atoms with Gasteiger partial charge in [-0.1, -0.05) is 18.2 Å². The third-order valence-corrected chi connectivity index (χ3v) is 1.94. The lowest BCUT2D eigenvalue weighted by molar-refractivity contribution is 0.607. The van der Waals surface area contributed by atoms with Crippen LogP contribution in [0.1, 0.15) is 17.2 Å². The van der Waals surface area contributed by atoms with Gasteiger partial charge in [-0.2, -0.15) is 0 Å². The van der Waals surface area contributed by atoms with Crippen molar-refractivity contribution >= 4 is 0 Å². The first kappa shape index (κ1) is 9.89. The minimum absolute atomic E-state index is 0.204.